The highest BCUT2D eigenvalue weighted by Crippen LogP contribution is 2.28. The fourth-order valence-electron chi connectivity index (χ4n) is 3.17. The van der Waals surface area contributed by atoms with E-state index in [1.165, 1.54) is 16.7 Å². The summed E-state index contributed by atoms with van der Waals surface area (Å²) in [7, 11) is 0. The van der Waals surface area contributed by atoms with E-state index in [9.17, 15) is 4.79 Å². The van der Waals surface area contributed by atoms with E-state index in [0.29, 0.717) is 5.91 Å². The van der Waals surface area contributed by atoms with Crippen LogP contribution < -0.4 is 5.73 Å². The van der Waals surface area contributed by atoms with Crippen LogP contribution in [0.15, 0.2) is 18.2 Å². The Morgan fingerprint density at radius 3 is 2.48 bits per heavy atom. The van der Waals surface area contributed by atoms with Crippen molar-refractivity contribution in [3.8, 4) is 0 Å². The van der Waals surface area contributed by atoms with Crippen LogP contribution in [0.3, 0.4) is 0 Å². The zero-order valence-corrected chi connectivity index (χ0v) is 13.6. The summed E-state index contributed by atoms with van der Waals surface area (Å²) >= 11 is 0. The van der Waals surface area contributed by atoms with Gasteiger partial charge in [-0.2, -0.15) is 0 Å². The Kier molecular flexibility index (Phi) is 5.40. The molecule has 2 rings (SSSR count). The maximum Gasteiger partial charge on any atom is 0.226 e. The largest absolute Gasteiger partial charge is 0.334 e. The maximum absolute atomic E-state index is 12.5. The fraction of sp³-hybridized carbons (Fsp3) is 0.611. The van der Waals surface area contributed by atoms with Crippen molar-refractivity contribution < 1.29 is 4.79 Å². The van der Waals surface area contributed by atoms with Gasteiger partial charge in [-0.15, -0.1) is 0 Å². The standard InChI is InChI=1S/C18H28N2O/c1-4-7-17(19)14-8-9-15-11-20(12-16(15)10-14)18(21)13(5-2)6-3/h8-10,13,17H,4-7,11-12,19H2,1-3H3. The van der Waals surface area contributed by atoms with Gasteiger partial charge in [0.15, 0.2) is 0 Å². The van der Waals surface area contributed by atoms with Gasteiger partial charge in [0.05, 0.1) is 0 Å². The molecule has 1 heterocycles. The third kappa shape index (κ3) is 3.46. The Hall–Kier alpha value is -1.35. The summed E-state index contributed by atoms with van der Waals surface area (Å²) in [4.78, 5) is 14.5. The lowest BCUT2D eigenvalue weighted by Crippen LogP contribution is -2.31. The number of benzene rings is 1. The Bertz CT molecular complexity index is 494. The van der Waals surface area contributed by atoms with Crippen molar-refractivity contribution >= 4 is 5.91 Å². The molecule has 1 aliphatic rings. The van der Waals surface area contributed by atoms with Crippen molar-refractivity contribution in [2.24, 2.45) is 11.7 Å². The van der Waals surface area contributed by atoms with Crippen LogP contribution in [0.5, 0.6) is 0 Å². The van der Waals surface area contributed by atoms with Gasteiger partial charge >= 0.3 is 0 Å². The van der Waals surface area contributed by atoms with Crippen LogP contribution in [0.1, 0.15) is 69.2 Å². The van der Waals surface area contributed by atoms with E-state index < -0.39 is 0 Å². The lowest BCUT2D eigenvalue weighted by Gasteiger charge is -2.21. The first-order chi connectivity index (χ1) is 10.1. The lowest BCUT2D eigenvalue weighted by molar-refractivity contribution is -0.136. The van der Waals surface area contributed by atoms with Crippen LogP contribution in [0.25, 0.3) is 0 Å². The Morgan fingerprint density at radius 2 is 1.86 bits per heavy atom. The molecule has 2 N–H and O–H groups in total. The van der Waals surface area contributed by atoms with Crippen LogP contribution in [0.2, 0.25) is 0 Å². The first kappa shape index (κ1) is 16.0. The molecule has 0 spiro atoms. The summed E-state index contributed by atoms with van der Waals surface area (Å²) in [6.45, 7) is 7.85. The monoisotopic (exact) mass is 288 g/mol. The molecule has 116 valence electrons. The van der Waals surface area contributed by atoms with Crippen LogP contribution >= 0.6 is 0 Å². The van der Waals surface area contributed by atoms with Crippen LogP contribution in [0.4, 0.5) is 0 Å². The van der Waals surface area contributed by atoms with Crippen LogP contribution in [-0.4, -0.2) is 10.8 Å². The van der Waals surface area contributed by atoms with Gasteiger partial charge in [0.1, 0.15) is 0 Å². The normalized spacial score (nSPS) is 15.4. The molecule has 0 aromatic heterocycles. The quantitative estimate of drug-likeness (QED) is 0.866. The molecule has 3 heteroatoms. The van der Waals surface area contributed by atoms with Crippen molar-refractivity contribution in [3.05, 3.63) is 34.9 Å². The number of carbonyl (C=O) groups is 1. The maximum atomic E-state index is 12.5. The Morgan fingerprint density at radius 1 is 1.19 bits per heavy atom. The average molecular weight is 288 g/mol. The molecule has 1 aliphatic heterocycles. The first-order valence-corrected chi connectivity index (χ1v) is 8.26. The minimum Gasteiger partial charge on any atom is -0.334 e. The molecule has 21 heavy (non-hydrogen) atoms. The number of nitrogens with zero attached hydrogens (tertiary/aromatic N) is 1. The highest BCUT2D eigenvalue weighted by Gasteiger charge is 2.27. The predicted molar refractivity (Wildman–Crippen MR) is 86.6 cm³/mol. The molecular formula is C18H28N2O. The van der Waals surface area contributed by atoms with Gasteiger partial charge in [-0.05, 0) is 36.0 Å². The van der Waals surface area contributed by atoms with Gasteiger partial charge in [-0.3, -0.25) is 4.79 Å². The third-order valence-electron chi connectivity index (χ3n) is 4.63. The summed E-state index contributed by atoms with van der Waals surface area (Å²) < 4.78 is 0. The summed E-state index contributed by atoms with van der Waals surface area (Å²) in [5, 5.41) is 0. The number of hydrogen-bond donors (Lipinski definition) is 1. The predicted octanol–water partition coefficient (Wildman–Crippen LogP) is 3.76. The van der Waals surface area contributed by atoms with E-state index in [4.69, 9.17) is 5.73 Å². The molecule has 0 radical (unpaired) electrons. The zero-order chi connectivity index (χ0) is 15.4. The van der Waals surface area contributed by atoms with Crippen LogP contribution in [0, 0.1) is 5.92 Å². The molecule has 1 aromatic carbocycles. The van der Waals surface area contributed by atoms with E-state index in [0.717, 1.165) is 38.8 Å². The number of hydrogen-bond acceptors (Lipinski definition) is 2. The Balaban J connectivity index is 2.10. The highest BCUT2D eigenvalue weighted by molar-refractivity contribution is 5.79. The second-order valence-electron chi connectivity index (χ2n) is 6.13. The molecule has 1 atom stereocenters. The molecule has 1 aromatic rings. The summed E-state index contributed by atoms with van der Waals surface area (Å²) in [6.07, 6.45) is 3.95. The van der Waals surface area contributed by atoms with E-state index in [1.807, 2.05) is 4.90 Å². The molecule has 0 saturated carbocycles. The zero-order valence-electron chi connectivity index (χ0n) is 13.6. The van der Waals surface area contributed by atoms with Gasteiger partial charge < -0.3 is 10.6 Å². The number of carbonyl (C=O) groups excluding carboxylic acids is 1. The molecule has 3 nitrogen and oxygen atoms in total. The smallest absolute Gasteiger partial charge is 0.226 e. The molecule has 0 aliphatic carbocycles. The van der Waals surface area contributed by atoms with Gasteiger partial charge in [0.25, 0.3) is 0 Å². The van der Waals surface area contributed by atoms with Gasteiger partial charge in [0, 0.05) is 25.0 Å². The van der Waals surface area contributed by atoms with Crippen molar-refractivity contribution in [3.63, 3.8) is 0 Å². The van der Waals surface area contributed by atoms with Crippen molar-refractivity contribution in [1.29, 1.82) is 0 Å². The second kappa shape index (κ2) is 7.08. The fourth-order valence-corrected chi connectivity index (χ4v) is 3.17. The lowest BCUT2D eigenvalue weighted by atomic mass is 9.99. The highest BCUT2D eigenvalue weighted by atomic mass is 16.2. The van der Waals surface area contributed by atoms with Crippen molar-refractivity contribution in [2.75, 3.05) is 0 Å². The minimum absolute atomic E-state index is 0.115. The third-order valence-corrected chi connectivity index (χ3v) is 4.63. The summed E-state index contributed by atoms with van der Waals surface area (Å²) in [5.74, 6) is 0.469. The SMILES string of the molecule is CCCC(N)c1ccc2c(c1)CN(C(=O)C(CC)CC)C2. The molecule has 0 bridgehead atoms. The average Bonchev–Trinajstić information content (AvgIpc) is 2.91. The first-order valence-electron chi connectivity index (χ1n) is 8.26. The molecule has 0 fully saturated rings. The van der Waals surface area contributed by atoms with E-state index >= 15 is 0 Å². The van der Waals surface area contributed by atoms with Gasteiger partial charge in [-0.1, -0.05) is 45.4 Å². The number of nitrogens with two attached hydrogens (primary N) is 1. The van der Waals surface area contributed by atoms with E-state index in [-0.39, 0.29) is 12.0 Å². The topological polar surface area (TPSA) is 46.3 Å². The van der Waals surface area contributed by atoms with Gasteiger partial charge in [0.2, 0.25) is 5.91 Å². The minimum atomic E-state index is 0.115. The molecule has 1 amide bonds. The molecule has 0 saturated heterocycles. The van der Waals surface area contributed by atoms with E-state index in [2.05, 4.69) is 39.0 Å². The molecular weight excluding hydrogens is 260 g/mol. The molecule has 1 unspecified atom stereocenters. The number of fused-ring (bicyclic) bond motifs is 1. The van der Waals surface area contributed by atoms with Crippen molar-refractivity contribution in [1.82, 2.24) is 4.90 Å². The number of rotatable bonds is 6. The Labute approximate surface area is 128 Å². The van der Waals surface area contributed by atoms with Crippen molar-refractivity contribution in [2.45, 2.75) is 65.6 Å². The van der Waals surface area contributed by atoms with Crippen LogP contribution in [-0.2, 0) is 17.9 Å². The number of amides is 1. The second-order valence-corrected chi connectivity index (χ2v) is 6.13. The summed E-state index contributed by atoms with van der Waals surface area (Å²) in [6, 6.07) is 6.60. The summed E-state index contributed by atoms with van der Waals surface area (Å²) in [5.41, 5.74) is 9.96. The van der Waals surface area contributed by atoms with Gasteiger partial charge in [-0.25, -0.2) is 0 Å². The van der Waals surface area contributed by atoms with E-state index in [1.54, 1.807) is 0 Å².